The van der Waals surface area contributed by atoms with E-state index in [1.54, 1.807) is 60.7 Å². The lowest BCUT2D eigenvalue weighted by Gasteiger charge is -2.30. The zero-order chi connectivity index (χ0) is 48.8. The molecule has 4 aromatic carbocycles. The minimum absolute atomic E-state index is 0.117. The Morgan fingerprint density at radius 3 is 1.61 bits per heavy atom. The van der Waals surface area contributed by atoms with E-state index in [4.69, 9.17) is 20.2 Å². The molecule has 0 aliphatic carbocycles. The molecule has 0 saturated heterocycles. The molecule has 10 rings (SSSR count). The monoisotopic (exact) mass is 938 g/mol. The molecule has 19 heteroatoms. The number of nitrogens with one attached hydrogen (secondary N) is 2. The minimum Gasteiger partial charge on any atom is -0.389 e. The van der Waals surface area contributed by atoms with E-state index < -0.39 is 34.6 Å². The van der Waals surface area contributed by atoms with Crippen LogP contribution in [0.4, 0.5) is 47.8 Å². The molecule has 6 aromatic rings. The Morgan fingerprint density at radius 2 is 1.13 bits per heavy atom. The SMILES string of the molecule is CC(O)c1ccc(Cn2nc3c(c2Nc2ccc(F)c(CC(=O)c4ccc(Cn5nc6c(c5Nc5ccc(F)c(F)c5)C(=O)N(C)C5=NC(C)(C)CN56)cc4)c2)C(=O)N(C)C2=NC(C)(C)CN23)cc1. The molecule has 4 aliphatic rings. The summed E-state index contributed by atoms with van der Waals surface area (Å²) in [5.41, 5.74) is 2.95. The maximum Gasteiger partial charge on any atom is 0.267 e. The zero-order valence-electron chi connectivity index (χ0n) is 39.0. The normalized spacial score (nSPS) is 17.0. The molecular weight excluding hydrogens is 890 g/mol. The molecule has 2 aromatic heterocycles. The van der Waals surface area contributed by atoms with Gasteiger partial charge in [0.2, 0.25) is 11.9 Å². The van der Waals surface area contributed by atoms with E-state index in [9.17, 15) is 28.3 Å². The van der Waals surface area contributed by atoms with Crippen molar-refractivity contribution in [3.63, 3.8) is 0 Å². The molecule has 0 fully saturated rings. The van der Waals surface area contributed by atoms with Gasteiger partial charge in [-0.05, 0) is 87.2 Å². The third-order valence-electron chi connectivity index (χ3n) is 12.6. The lowest BCUT2D eigenvalue weighted by molar-refractivity contribution is 0.0858. The number of hydrogen-bond acceptors (Lipinski definition) is 12. The number of halogens is 3. The predicted molar refractivity (Wildman–Crippen MR) is 255 cm³/mol. The number of carbonyl (C=O) groups excluding carboxylic acids is 3. The Bertz CT molecular complexity index is 3170. The van der Waals surface area contributed by atoms with Crippen LogP contribution in [-0.4, -0.2) is 102 Å². The zero-order valence-corrected chi connectivity index (χ0v) is 39.0. The molecule has 2 amide bonds. The summed E-state index contributed by atoms with van der Waals surface area (Å²) in [6.07, 6.45) is -0.921. The van der Waals surface area contributed by atoms with Crippen molar-refractivity contribution in [2.45, 2.75) is 71.3 Å². The number of ketones is 1. The summed E-state index contributed by atoms with van der Waals surface area (Å²) in [6, 6.07) is 21.9. The van der Waals surface area contributed by atoms with E-state index in [0.29, 0.717) is 64.8 Å². The summed E-state index contributed by atoms with van der Waals surface area (Å²) >= 11 is 0. The van der Waals surface area contributed by atoms with Crippen LogP contribution in [0.2, 0.25) is 0 Å². The summed E-state index contributed by atoms with van der Waals surface area (Å²) in [5.74, 6) is -1.34. The van der Waals surface area contributed by atoms with Gasteiger partial charge in [-0.1, -0.05) is 48.5 Å². The number of fused-ring (bicyclic) bond motifs is 6. The molecule has 354 valence electrons. The number of hydrogen-bond donors (Lipinski definition) is 3. The molecule has 0 saturated carbocycles. The second-order valence-electron chi connectivity index (χ2n) is 19.2. The first-order valence-electron chi connectivity index (χ1n) is 22.4. The van der Waals surface area contributed by atoms with Crippen LogP contribution in [0.15, 0.2) is 94.9 Å². The molecule has 0 spiro atoms. The standard InChI is InChI=1S/C50H49F3N12O4/c1-27(66)30-12-8-28(9-13-30)23-64-41(39-43(58-64)62-25-49(2,3)56-47(62)60(6)45(39)68)54-33-16-18-35(51)32(20-33)21-38(67)31-14-10-29(11-15-31)24-65-42(55-34-17-19-36(52)37(53)22-34)40-44(59-65)63-26-50(4,5)57-48(63)61(7)46(40)69/h8-20,22,27,54-55,66H,21,23-26H2,1-7H3. The van der Waals surface area contributed by atoms with Crippen LogP contribution in [0.5, 0.6) is 0 Å². The Morgan fingerprint density at radius 1 is 0.667 bits per heavy atom. The summed E-state index contributed by atoms with van der Waals surface area (Å²) in [4.78, 5) is 58.1. The average molecular weight is 939 g/mol. The first kappa shape index (κ1) is 45.0. The molecule has 16 nitrogen and oxygen atoms in total. The van der Waals surface area contributed by atoms with Gasteiger partial charge in [0.15, 0.2) is 29.1 Å². The van der Waals surface area contributed by atoms with Crippen molar-refractivity contribution in [2.24, 2.45) is 9.98 Å². The maximum absolute atomic E-state index is 15.6. The summed E-state index contributed by atoms with van der Waals surface area (Å²) in [5, 5.41) is 26.3. The van der Waals surface area contributed by atoms with E-state index in [-0.39, 0.29) is 59.7 Å². The van der Waals surface area contributed by atoms with E-state index in [1.807, 2.05) is 61.8 Å². The van der Waals surface area contributed by atoms with Crippen molar-refractivity contribution in [1.82, 2.24) is 29.4 Å². The highest BCUT2D eigenvalue weighted by molar-refractivity contribution is 6.22. The number of aliphatic hydroxyl groups is 1. The number of Topliss-reactive ketones (excluding diaryl/α,β-unsaturated/α-hetero) is 1. The molecule has 0 bridgehead atoms. The van der Waals surface area contributed by atoms with E-state index in [0.717, 1.165) is 23.3 Å². The number of carbonyl (C=O) groups is 3. The fourth-order valence-electron chi connectivity index (χ4n) is 9.12. The van der Waals surface area contributed by atoms with Gasteiger partial charge in [0.1, 0.15) is 28.6 Å². The second-order valence-corrected chi connectivity index (χ2v) is 19.2. The van der Waals surface area contributed by atoms with Gasteiger partial charge in [-0.2, -0.15) is 10.2 Å². The summed E-state index contributed by atoms with van der Waals surface area (Å²) in [7, 11) is 3.29. The molecule has 69 heavy (non-hydrogen) atoms. The molecular formula is C50H49F3N12O4. The van der Waals surface area contributed by atoms with Crippen molar-refractivity contribution in [3.05, 3.63) is 141 Å². The number of aliphatic imine (C=N–C) groups is 2. The Labute approximate surface area is 395 Å². The third kappa shape index (κ3) is 8.15. The van der Waals surface area contributed by atoms with Gasteiger partial charge in [0.05, 0.1) is 43.4 Å². The molecule has 1 atom stereocenters. The topological polar surface area (TPSA) is 169 Å². The number of guanidine groups is 2. The fraction of sp³-hybridized carbons (Fsp3) is 0.300. The van der Waals surface area contributed by atoms with Crippen LogP contribution in [0, 0.1) is 17.5 Å². The maximum atomic E-state index is 15.6. The minimum atomic E-state index is -1.06. The highest BCUT2D eigenvalue weighted by atomic mass is 19.2. The molecule has 1 unspecified atom stereocenters. The second kappa shape index (κ2) is 16.5. The number of aliphatic hydroxyl groups excluding tert-OH is 1. The van der Waals surface area contributed by atoms with Gasteiger partial charge in [-0.25, -0.2) is 32.5 Å². The van der Waals surface area contributed by atoms with Crippen molar-refractivity contribution >= 4 is 64.2 Å². The van der Waals surface area contributed by atoms with Crippen molar-refractivity contribution in [2.75, 3.05) is 47.6 Å². The van der Waals surface area contributed by atoms with Crippen LogP contribution in [0.3, 0.4) is 0 Å². The smallest absolute Gasteiger partial charge is 0.267 e. The van der Waals surface area contributed by atoms with Crippen LogP contribution in [0.25, 0.3) is 0 Å². The molecule has 4 aliphatic heterocycles. The van der Waals surface area contributed by atoms with Crippen LogP contribution in [-0.2, 0) is 19.5 Å². The number of rotatable bonds is 12. The quantitative estimate of drug-likeness (QED) is 0.104. The van der Waals surface area contributed by atoms with Crippen LogP contribution in [0.1, 0.15) is 94.1 Å². The molecule has 6 heterocycles. The van der Waals surface area contributed by atoms with Gasteiger partial charge in [0.25, 0.3) is 11.8 Å². The first-order chi connectivity index (χ1) is 32.7. The van der Waals surface area contributed by atoms with Gasteiger partial charge in [-0.15, -0.1) is 0 Å². The summed E-state index contributed by atoms with van der Waals surface area (Å²) in [6.45, 7) is 10.9. The lowest BCUT2D eigenvalue weighted by Crippen LogP contribution is -2.48. The Balaban J connectivity index is 0.914. The Kier molecular flexibility index (Phi) is 10.7. The fourth-order valence-corrected chi connectivity index (χ4v) is 9.12. The molecule has 0 radical (unpaired) electrons. The third-order valence-corrected chi connectivity index (χ3v) is 12.6. The number of aromatic nitrogens is 4. The van der Waals surface area contributed by atoms with Crippen molar-refractivity contribution in [1.29, 1.82) is 0 Å². The van der Waals surface area contributed by atoms with Crippen LogP contribution < -0.4 is 20.4 Å². The Hall–Kier alpha value is -7.80. The lowest BCUT2D eigenvalue weighted by atomic mass is 10.0. The summed E-state index contributed by atoms with van der Waals surface area (Å²) < 4.78 is 47.2. The molecule has 3 N–H and O–H groups in total. The van der Waals surface area contributed by atoms with Gasteiger partial charge in [-0.3, -0.25) is 34.0 Å². The van der Waals surface area contributed by atoms with Crippen molar-refractivity contribution < 1.29 is 32.7 Å². The van der Waals surface area contributed by atoms with Crippen LogP contribution >= 0.6 is 0 Å². The van der Waals surface area contributed by atoms with E-state index >= 15 is 4.39 Å². The first-order valence-corrected chi connectivity index (χ1v) is 22.4. The average Bonchev–Trinajstić information content (AvgIpc) is 4.04. The highest BCUT2D eigenvalue weighted by Crippen LogP contribution is 2.41. The largest absolute Gasteiger partial charge is 0.389 e. The van der Waals surface area contributed by atoms with Gasteiger partial charge < -0.3 is 15.7 Å². The van der Waals surface area contributed by atoms with E-state index in [1.165, 1.54) is 28.0 Å². The van der Waals surface area contributed by atoms with E-state index in [2.05, 4.69) is 10.6 Å². The number of amides is 2. The van der Waals surface area contributed by atoms with Gasteiger partial charge in [0, 0.05) is 43.5 Å². The van der Waals surface area contributed by atoms with Crippen molar-refractivity contribution in [3.8, 4) is 0 Å². The number of anilines is 6. The van der Waals surface area contributed by atoms with Gasteiger partial charge >= 0.3 is 0 Å². The highest BCUT2D eigenvalue weighted by Gasteiger charge is 2.47. The number of nitrogens with zero attached hydrogens (tertiary/aromatic N) is 10. The predicted octanol–water partition coefficient (Wildman–Crippen LogP) is 7.64. The number of benzene rings is 4.